The summed E-state index contributed by atoms with van der Waals surface area (Å²) in [6, 6.07) is 4.65. The normalized spacial score (nSPS) is 12.8. The summed E-state index contributed by atoms with van der Waals surface area (Å²) in [5.41, 5.74) is -3.54. The highest BCUT2D eigenvalue weighted by atomic mass is 32.2. The molecule has 1 aromatic carbocycles. The lowest BCUT2D eigenvalue weighted by Crippen LogP contribution is -2.24. The van der Waals surface area contributed by atoms with Crippen LogP contribution in [-0.2, 0) is 15.6 Å². The summed E-state index contributed by atoms with van der Waals surface area (Å²) >= 11 is 0. The van der Waals surface area contributed by atoms with E-state index < -0.39 is 21.1 Å². The van der Waals surface area contributed by atoms with Crippen LogP contribution >= 0.6 is 0 Å². The number of rotatable bonds is 2. The topological polar surface area (TPSA) is 34.1 Å². The van der Waals surface area contributed by atoms with E-state index in [1.165, 1.54) is 12.1 Å². The average molecular weight is 252 g/mol. The number of hydrogen-bond donors (Lipinski definition) is 0. The Bertz CT molecular complexity index is 469. The highest BCUT2D eigenvalue weighted by Gasteiger charge is 2.45. The first-order valence-corrected chi connectivity index (χ1v) is 6.13. The third-order valence-electron chi connectivity index (χ3n) is 1.99. The molecule has 0 atom stereocenters. The first-order chi connectivity index (χ1) is 7.12. The molecule has 0 unspecified atom stereocenters. The molecule has 90 valence electrons. The molecule has 2 nitrogen and oxygen atoms in total. The van der Waals surface area contributed by atoms with Crippen molar-refractivity contribution < 1.29 is 21.6 Å². The van der Waals surface area contributed by atoms with Gasteiger partial charge in [-0.3, -0.25) is 0 Å². The van der Waals surface area contributed by atoms with Gasteiger partial charge in [-0.15, -0.1) is 0 Å². The molecule has 6 heteroatoms. The fourth-order valence-corrected chi connectivity index (χ4v) is 2.22. The minimum atomic E-state index is -5.19. The van der Waals surface area contributed by atoms with Gasteiger partial charge in [-0.05, 0) is 19.4 Å². The molecule has 1 rings (SSSR count). The van der Waals surface area contributed by atoms with Crippen molar-refractivity contribution in [1.82, 2.24) is 0 Å². The van der Waals surface area contributed by atoms with Crippen LogP contribution in [0.4, 0.5) is 13.2 Å². The van der Waals surface area contributed by atoms with Crippen LogP contribution in [0, 0.1) is 13.8 Å². The lowest BCUT2D eigenvalue weighted by atomic mass is 10.1. The molecular formula is C10H11F3O2S. The second-order valence-electron chi connectivity index (χ2n) is 3.70. The first-order valence-electron chi connectivity index (χ1n) is 4.48. The largest absolute Gasteiger partial charge is 0.497 e. The van der Waals surface area contributed by atoms with Crippen molar-refractivity contribution in [3.05, 3.63) is 34.9 Å². The van der Waals surface area contributed by atoms with E-state index in [1.807, 2.05) is 0 Å². The van der Waals surface area contributed by atoms with Gasteiger partial charge in [0.05, 0.1) is 5.75 Å². The van der Waals surface area contributed by atoms with Gasteiger partial charge in [0.2, 0.25) is 0 Å². The predicted molar refractivity (Wildman–Crippen MR) is 54.6 cm³/mol. The molecular weight excluding hydrogens is 241 g/mol. The molecule has 0 aromatic heterocycles. The summed E-state index contributed by atoms with van der Waals surface area (Å²) in [6.07, 6.45) is 0. The van der Waals surface area contributed by atoms with Crippen molar-refractivity contribution in [3.63, 3.8) is 0 Å². The number of sulfone groups is 1. The van der Waals surface area contributed by atoms with Gasteiger partial charge in [-0.25, -0.2) is 8.42 Å². The second kappa shape index (κ2) is 4.08. The number of hydrogen-bond acceptors (Lipinski definition) is 2. The maximum atomic E-state index is 12.1. The van der Waals surface area contributed by atoms with Crippen LogP contribution in [-0.4, -0.2) is 13.9 Å². The molecule has 0 saturated carbocycles. The highest BCUT2D eigenvalue weighted by molar-refractivity contribution is 7.91. The minimum absolute atomic E-state index is 0.162. The van der Waals surface area contributed by atoms with E-state index in [4.69, 9.17) is 0 Å². The molecule has 0 N–H and O–H groups in total. The fourth-order valence-electron chi connectivity index (χ4n) is 1.45. The molecule has 0 aliphatic carbocycles. The van der Waals surface area contributed by atoms with E-state index in [1.54, 1.807) is 19.9 Å². The zero-order valence-corrected chi connectivity index (χ0v) is 9.61. The van der Waals surface area contributed by atoms with Gasteiger partial charge in [0.1, 0.15) is 0 Å². The number of benzene rings is 1. The zero-order chi connectivity index (χ0) is 12.6. The van der Waals surface area contributed by atoms with Gasteiger partial charge in [-0.2, -0.15) is 13.2 Å². The molecule has 0 spiro atoms. The Balaban J connectivity index is 3.07. The summed E-state index contributed by atoms with van der Waals surface area (Å²) in [6.45, 7) is 3.41. The smallest absolute Gasteiger partial charge is 0.219 e. The van der Waals surface area contributed by atoms with Crippen LogP contribution in [0.1, 0.15) is 16.7 Å². The number of halogens is 3. The van der Waals surface area contributed by atoms with Crippen molar-refractivity contribution in [2.75, 3.05) is 0 Å². The van der Waals surface area contributed by atoms with Gasteiger partial charge >= 0.3 is 5.51 Å². The minimum Gasteiger partial charge on any atom is -0.219 e. The lowest BCUT2D eigenvalue weighted by molar-refractivity contribution is -0.0437. The number of aryl methyl sites for hydroxylation is 2. The van der Waals surface area contributed by atoms with Gasteiger partial charge in [0.15, 0.2) is 0 Å². The zero-order valence-electron chi connectivity index (χ0n) is 8.80. The maximum absolute atomic E-state index is 12.1. The Labute approximate surface area is 92.0 Å². The molecule has 0 aliphatic heterocycles. The SMILES string of the molecule is Cc1cc(C)cc(CS(=O)(=O)C(F)(F)F)c1. The van der Waals surface area contributed by atoms with Gasteiger partial charge in [0.25, 0.3) is 9.84 Å². The molecule has 16 heavy (non-hydrogen) atoms. The Morgan fingerprint density at radius 2 is 1.50 bits per heavy atom. The average Bonchev–Trinajstić information content (AvgIpc) is 1.97. The molecule has 0 saturated heterocycles. The van der Waals surface area contributed by atoms with Crippen molar-refractivity contribution in [2.24, 2.45) is 0 Å². The van der Waals surface area contributed by atoms with Crippen molar-refractivity contribution >= 4 is 9.84 Å². The van der Waals surface area contributed by atoms with Crippen LogP contribution in [0.15, 0.2) is 18.2 Å². The van der Waals surface area contributed by atoms with E-state index >= 15 is 0 Å². The third kappa shape index (κ3) is 2.98. The molecule has 1 aromatic rings. The molecule has 0 amide bonds. The van der Waals surface area contributed by atoms with Gasteiger partial charge in [-0.1, -0.05) is 29.3 Å². The Morgan fingerprint density at radius 3 is 1.88 bits per heavy atom. The Kier molecular flexibility index (Phi) is 3.33. The summed E-state index contributed by atoms with van der Waals surface area (Å²) in [7, 11) is -5.08. The van der Waals surface area contributed by atoms with E-state index in [-0.39, 0.29) is 5.56 Å². The van der Waals surface area contributed by atoms with Crippen LogP contribution < -0.4 is 0 Å². The van der Waals surface area contributed by atoms with E-state index in [9.17, 15) is 21.6 Å². The van der Waals surface area contributed by atoms with Gasteiger partial charge < -0.3 is 0 Å². The molecule has 0 heterocycles. The third-order valence-corrected chi connectivity index (χ3v) is 3.41. The summed E-state index contributed by atoms with van der Waals surface area (Å²) in [5, 5.41) is 0. The van der Waals surface area contributed by atoms with E-state index in [0.29, 0.717) is 0 Å². The van der Waals surface area contributed by atoms with E-state index in [0.717, 1.165) is 11.1 Å². The molecule has 0 aliphatic rings. The Morgan fingerprint density at radius 1 is 1.06 bits per heavy atom. The molecule has 0 fully saturated rings. The lowest BCUT2D eigenvalue weighted by Gasteiger charge is -2.09. The van der Waals surface area contributed by atoms with Crippen molar-refractivity contribution in [1.29, 1.82) is 0 Å². The monoisotopic (exact) mass is 252 g/mol. The predicted octanol–water partition coefficient (Wildman–Crippen LogP) is 2.74. The Hall–Kier alpha value is -1.04. The molecule has 0 radical (unpaired) electrons. The van der Waals surface area contributed by atoms with Crippen molar-refractivity contribution in [2.45, 2.75) is 25.1 Å². The van der Waals surface area contributed by atoms with Crippen LogP contribution in [0.3, 0.4) is 0 Å². The summed E-state index contributed by atoms with van der Waals surface area (Å²) in [4.78, 5) is 0. The van der Waals surface area contributed by atoms with Gasteiger partial charge in [0, 0.05) is 0 Å². The highest BCUT2D eigenvalue weighted by Crippen LogP contribution is 2.27. The van der Waals surface area contributed by atoms with Crippen LogP contribution in [0.25, 0.3) is 0 Å². The van der Waals surface area contributed by atoms with E-state index in [2.05, 4.69) is 0 Å². The number of alkyl halides is 3. The standard InChI is InChI=1S/C10H11F3O2S/c1-7-3-8(2)5-9(4-7)6-16(14,15)10(11,12)13/h3-5H,6H2,1-2H3. The maximum Gasteiger partial charge on any atom is 0.497 e. The quantitative estimate of drug-likeness (QED) is 0.811. The fraction of sp³-hybridized carbons (Fsp3) is 0.400. The first kappa shape index (κ1) is 13.0. The summed E-state index contributed by atoms with van der Waals surface area (Å²) < 4.78 is 58.2. The second-order valence-corrected chi connectivity index (χ2v) is 5.68. The van der Waals surface area contributed by atoms with Crippen LogP contribution in [0.5, 0.6) is 0 Å². The molecule has 0 bridgehead atoms. The van der Waals surface area contributed by atoms with Crippen molar-refractivity contribution in [3.8, 4) is 0 Å². The van der Waals surface area contributed by atoms with Crippen LogP contribution in [0.2, 0.25) is 0 Å². The summed E-state index contributed by atoms with van der Waals surface area (Å²) in [5.74, 6) is -1.00.